The summed E-state index contributed by atoms with van der Waals surface area (Å²) >= 11 is 6.46. The van der Waals surface area contributed by atoms with E-state index in [1.165, 1.54) is 23.0 Å². The van der Waals surface area contributed by atoms with Crippen molar-refractivity contribution >= 4 is 39.6 Å². The molecule has 39 heavy (non-hydrogen) atoms. The number of nitrogens with zero attached hydrogens (tertiary/aromatic N) is 6. The van der Waals surface area contributed by atoms with Crippen LogP contribution < -0.4 is 10.6 Å². The van der Waals surface area contributed by atoms with Crippen LogP contribution in [0, 0.1) is 28.9 Å². The van der Waals surface area contributed by atoms with Gasteiger partial charge in [-0.25, -0.2) is 22.8 Å². The number of hydrogen-bond acceptors (Lipinski definition) is 7. The number of pyridine rings is 2. The second-order valence-corrected chi connectivity index (χ2v) is 8.79. The summed E-state index contributed by atoms with van der Waals surface area (Å²) in [7, 11) is 0. The Morgan fingerprint density at radius 1 is 1.05 bits per heavy atom. The summed E-state index contributed by atoms with van der Waals surface area (Å²) in [5.74, 6) is -2.86. The lowest BCUT2D eigenvalue weighted by molar-refractivity contribution is 0.422. The maximum atomic E-state index is 13.8. The first-order valence-corrected chi connectivity index (χ1v) is 11.8. The molecule has 0 bridgehead atoms. The van der Waals surface area contributed by atoms with E-state index in [2.05, 4.69) is 30.9 Å². The van der Waals surface area contributed by atoms with Crippen LogP contribution in [0.5, 0.6) is 0 Å². The molecule has 196 valence electrons. The van der Waals surface area contributed by atoms with E-state index in [9.17, 15) is 22.8 Å². The van der Waals surface area contributed by atoms with Crippen LogP contribution in [0.4, 0.5) is 34.6 Å². The summed E-state index contributed by atoms with van der Waals surface area (Å²) in [5, 5.41) is 24.7. The third-order valence-corrected chi connectivity index (χ3v) is 6.01. The van der Waals surface area contributed by atoms with Gasteiger partial charge >= 0.3 is 0 Å². The Bertz CT molecular complexity index is 1700. The Morgan fingerprint density at radius 3 is 2.56 bits per heavy atom. The van der Waals surface area contributed by atoms with Gasteiger partial charge in [-0.05, 0) is 29.8 Å². The Kier molecular flexibility index (Phi) is 7.25. The maximum absolute atomic E-state index is 13.8. The number of aromatic nitrogens is 5. The van der Waals surface area contributed by atoms with Crippen LogP contribution in [0.2, 0.25) is 5.02 Å². The molecule has 0 aliphatic rings. The molecule has 0 unspecified atom stereocenters. The van der Waals surface area contributed by atoms with Gasteiger partial charge in [-0.2, -0.15) is 9.65 Å². The fourth-order valence-electron chi connectivity index (χ4n) is 4.01. The molecule has 2 N–H and O–H groups in total. The highest BCUT2D eigenvalue weighted by Gasteiger charge is 2.21. The molecule has 8 nitrogen and oxygen atoms in total. The van der Waals surface area contributed by atoms with Gasteiger partial charge in [0.05, 0.1) is 53.1 Å². The van der Waals surface area contributed by atoms with E-state index >= 15 is 0 Å². The Labute approximate surface area is 223 Å². The summed E-state index contributed by atoms with van der Waals surface area (Å²) in [6, 6.07) is 11.1. The quantitative estimate of drug-likeness (QED) is 0.178. The van der Waals surface area contributed by atoms with Crippen LogP contribution in [0.15, 0.2) is 61.1 Å². The lowest BCUT2D eigenvalue weighted by Crippen LogP contribution is -2.14. The number of nitriles is 1. The minimum absolute atomic E-state index is 0.00952. The van der Waals surface area contributed by atoms with Crippen molar-refractivity contribution in [3.63, 3.8) is 0 Å². The van der Waals surface area contributed by atoms with Gasteiger partial charge < -0.3 is 10.6 Å². The maximum Gasteiger partial charge on any atom is 0.249 e. The molecule has 13 heteroatoms. The van der Waals surface area contributed by atoms with Crippen molar-refractivity contribution in [2.45, 2.75) is 12.6 Å². The van der Waals surface area contributed by atoms with E-state index in [4.69, 9.17) is 11.6 Å². The third kappa shape index (κ3) is 5.44. The molecule has 0 aliphatic carbocycles. The molecule has 0 radical (unpaired) electrons. The van der Waals surface area contributed by atoms with Crippen molar-refractivity contribution in [2.75, 3.05) is 17.3 Å². The molecule has 2 aromatic carbocycles. The molecule has 3 heterocycles. The summed E-state index contributed by atoms with van der Waals surface area (Å²) in [6.07, 6.45) is 3.97. The zero-order chi connectivity index (χ0) is 27.5. The largest absolute Gasteiger partial charge is 0.371 e. The smallest absolute Gasteiger partial charge is 0.249 e. The lowest BCUT2D eigenvalue weighted by Gasteiger charge is -2.21. The monoisotopic (exact) mass is 552 g/mol. The molecular weight excluding hydrogens is 536 g/mol. The highest BCUT2D eigenvalue weighted by Crippen LogP contribution is 2.37. The number of fused-ring (bicyclic) bond motifs is 1. The number of anilines is 3. The number of rotatable bonds is 8. The lowest BCUT2D eigenvalue weighted by atomic mass is 10.0. The molecule has 0 amide bonds. The van der Waals surface area contributed by atoms with Crippen LogP contribution in [0.3, 0.4) is 0 Å². The predicted octanol–water partition coefficient (Wildman–Crippen LogP) is 6.08. The summed E-state index contributed by atoms with van der Waals surface area (Å²) in [4.78, 5) is 7.80. The van der Waals surface area contributed by atoms with Crippen molar-refractivity contribution in [1.82, 2.24) is 25.0 Å². The van der Waals surface area contributed by atoms with E-state index < -0.39 is 30.3 Å². The van der Waals surface area contributed by atoms with Gasteiger partial charge in [0, 0.05) is 22.7 Å². The normalized spacial score (nSPS) is 11.8. The van der Waals surface area contributed by atoms with Crippen molar-refractivity contribution in [2.24, 2.45) is 0 Å². The Morgan fingerprint density at radius 2 is 1.85 bits per heavy atom. The van der Waals surface area contributed by atoms with Crippen LogP contribution in [-0.2, 0) is 6.54 Å². The highest BCUT2D eigenvalue weighted by molar-refractivity contribution is 6.32. The minimum Gasteiger partial charge on any atom is -0.371 e. The average Bonchev–Trinajstić information content (AvgIpc) is 3.38. The minimum atomic E-state index is -1.26. The Balaban J connectivity index is 1.62. The van der Waals surface area contributed by atoms with Crippen LogP contribution in [0.25, 0.3) is 10.9 Å². The molecule has 0 saturated carbocycles. The van der Waals surface area contributed by atoms with Gasteiger partial charge in [-0.1, -0.05) is 28.9 Å². The first-order valence-electron chi connectivity index (χ1n) is 11.4. The van der Waals surface area contributed by atoms with E-state index in [0.29, 0.717) is 27.8 Å². The first kappa shape index (κ1) is 25.9. The molecule has 3 aromatic heterocycles. The van der Waals surface area contributed by atoms with Gasteiger partial charge in [-0.15, -0.1) is 5.10 Å². The summed E-state index contributed by atoms with van der Waals surface area (Å²) in [5.41, 5.74) is 2.29. The van der Waals surface area contributed by atoms with Crippen molar-refractivity contribution < 1.29 is 17.6 Å². The molecule has 0 fully saturated rings. The van der Waals surface area contributed by atoms with E-state index in [-0.39, 0.29) is 28.5 Å². The number of benzene rings is 2. The van der Waals surface area contributed by atoms with Crippen LogP contribution in [0.1, 0.15) is 22.9 Å². The van der Waals surface area contributed by atoms with Gasteiger partial charge in [0.25, 0.3) is 0 Å². The topological polar surface area (TPSA) is 104 Å². The molecule has 0 saturated heterocycles. The van der Waals surface area contributed by atoms with Gasteiger partial charge in [0.1, 0.15) is 24.3 Å². The second kappa shape index (κ2) is 10.9. The molecule has 5 rings (SSSR count). The number of hydrogen-bond donors (Lipinski definition) is 2. The molecule has 0 spiro atoms. The summed E-state index contributed by atoms with van der Waals surface area (Å²) < 4.78 is 55.1. The Hall–Kier alpha value is -4.76. The molecule has 0 aliphatic heterocycles. The van der Waals surface area contributed by atoms with Crippen LogP contribution >= 0.6 is 11.6 Å². The SMILES string of the molecule is N#Cc1cnc2c(N[C@@H](c3ccc(F)cc3)c3cn(CCF)nn3)cc(Cl)cc2c1Nc1cnc(F)c(F)c1. The van der Waals surface area contributed by atoms with Gasteiger partial charge in [0.2, 0.25) is 5.95 Å². The fraction of sp³-hybridized carbons (Fsp3) is 0.115. The molecular formula is C26H17ClF4N8. The summed E-state index contributed by atoms with van der Waals surface area (Å²) in [6.45, 7) is -0.625. The average molecular weight is 553 g/mol. The van der Waals surface area contributed by atoms with Gasteiger partial charge in [0.15, 0.2) is 5.82 Å². The fourth-order valence-corrected chi connectivity index (χ4v) is 4.23. The predicted molar refractivity (Wildman–Crippen MR) is 137 cm³/mol. The number of aryl methyl sites for hydroxylation is 1. The van der Waals surface area contributed by atoms with Gasteiger partial charge in [-0.3, -0.25) is 4.98 Å². The number of alkyl halides is 1. The molecule has 5 aromatic rings. The van der Waals surface area contributed by atoms with E-state index in [0.717, 1.165) is 12.3 Å². The number of halogens is 5. The zero-order valence-electron chi connectivity index (χ0n) is 19.8. The third-order valence-electron chi connectivity index (χ3n) is 5.79. The van der Waals surface area contributed by atoms with E-state index in [1.807, 2.05) is 6.07 Å². The standard InChI is InChI=1S/C26H17ClF4N8/c27-16-7-19-23(35-18-9-20(30)26(31)34-12-18)15(10-32)11-33-25(19)21(8-16)36-24(14-1-3-17(29)4-2-14)22-13-39(6-5-28)38-37-22/h1-4,7-9,11-13,24,36H,5-6H2,(H,33,35)/t24-/m0/s1. The molecule has 1 atom stereocenters. The highest BCUT2D eigenvalue weighted by atomic mass is 35.5. The number of nitrogens with one attached hydrogen (secondary N) is 2. The van der Waals surface area contributed by atoms with Crippen molar-refractivity contribution in [1.29, 1.82) is 5.26 Å². The first-order chi connectivity index (χ1) is 18.9. The van der Waals surface area contributed by atoms with Crippen molar-refractivity contribution in [3.8, 4) is 6.07 Å². The second-order valence-electron chi connectivity index (χ2n) is 8.35. The van der Waals surface area contributed by atoms with Crippen molar-refractivity contribution in [3.05, 3.63) is 100 Å². The van der Waals surface area contributed by atoms with Crippen LogP contribution in [-0.4, -0.2) is 31.6 Å². The zero-order valence-corrected chi connectivity index (χ0v) is 20.6. The van der Waals surface area contributed by atoms with E-state index in [1.54, 1.807) is 30.5 Å².